The van der Waals surface area contributed by atoms with Crippen LogP contribution in [0.15, 0.2) is 18.2 Å². The first-order valence-corrected chi connectivity index (χ1v) is 5.71. The molecule has 0 spiro atoms. The van der Waals surface area contributed by atoms with Crippen LogP contribution >= 0.6 is 0 Å². The largest absolute Gasteiger partial charge is 0.478 e. The number of carboxylic acids is 1. The fourth-order valence-electron chi connectivity index (χ4n) is 1.87. The van der Waals surface area contributed by atoms with Crippen LogP contribution in [0.3, 0.4) is 0 Å². The van der Waals surface area contributed by atoms with Gasteiger partial charge in [0.2, 0.25) is 0 Å². The fourth-order valence-corrected chi connectivity index (χ4v) is 1.87. The van der Waals surface area contributed by atoms with Crippen LogP contribution in [0.2, 0.25) is 0 Å². The third-order valence-electron chi connectivity index (χ3n) is 2.89. The van der Waals surface area contributed by atoms with Crippen LogP contribution in [-0.2, 0) is 4.74 Å². The maximum absolute atomic E-state index is 11.1. The second-order valence-corrected chi connectivity index (χ2v) is 4.14. The Bertz CT molecular complexity index is 565. The first-order chi connectivity index (χ1) is 8.65. The second kappa shape index (κ2) is 5.14. The Morgan fingerprint density at radius 1 is 1.56 bits per heavy atom. The molecule has 2 aromatic rings. The zero-order valence-electron chi connectivity index (χ0n) is 10.3. The van der Waals surface area contributed by atoms with Gasteiger partial charge in [-0.2, -0.15) is 0 Å². The monoisotopic (exact) mass is 249 g/mol. The Labute approximate surface area is 104 Å². The third kappa shape index (κ3) is 2.19. The zero-order valence-corrected chi connectivity index (χ0v) is 10.3. The number of rotatable bonds is 5. The van der Waals surface area contributed by atoms with Gasteiger partial charge in [-0.25, -0.2) is 9.48 Å². The van der Waals surface area contributed by atoms with Gasteiger partial charge in [-0.15, -0.1) is 5.10 Å². The number of aromatic carboxylic acids is 1. The highest BCUT2D eigenvalue weighted by Gasteiger charge is 2.16. The molecule has 6 heteroatoms. The molecule has 1 atom stereocenters. The van der Waals surface area contributed by atoms with Gasteiger partial charge in [0, 0.05) is 13.7 Å². The molecule has 1 aromatic carbocycles. The van der Waals surface area contributed by atoms with Gasteiger partial charge >= 0.3 is 5.97 Å². The van der Waals surface area contributed by atoms with E-state index in [4.69, 9.17) is 9.84 Å². The number of hydrogen-bond acceptors (Lipinski definition) is 4. The summed E-state index contributed by atoms with van der Waals surface area (Å²) in [5.41, 5.74) is 1.34. The van der Waals surface area contributed by atoms with Crippen molar-refractivity contribution in [2.45, 2.75) is 19.4 Å². The van der Waals surface area contributed by atoms with Crippen LogP contribution in [0, 0.1) is 0 Å². The van der Waals surface area contributed by atoms with Crippen molar-refractivity contribution in [2.75, 3.05) is 13.7 Å². The molecular weight excluding hydrogens is 234 g/mol. The summed E-state index contributed by atoms with van der Waals surface area (Å²) < 4.78 is 6.77. The number of methoxy groups -OCH3 is 1. The van der Waals surface area contributed by atoms with E-state index in [1.807, 2.05) is 13.0 Å². The van der Waals surface area contributed by atoms with Gasteiger partial charge in [0.25, 0.3) is 0 Å². The van der Waals surface area contributed by atoms with Gasteiger partial charge in [-0.05, 0) is 25.5 Å². The van der Waals surface area contributed by atoms with Crippen molar-refractivity contribution in [3.63, 3.8) is 0 Å². The Morgan fingerprint density at radius 2 is 2.33 bits per heavy atom. The van der Waals surface area contributed by atoms with Gasteiger partial charge < -0.3 is 9.84 Å². The lowest BCUT2D eigenvalue weighted by Crippen LogP contribution is -2.09. The van der Waals surface area contributed by atoms with E-state index >= 15 is 0 Å². The highest BCUT2D eigenvalue weighted by molar-refractivity contribution is 6.00. The van der Waals surface area contributed by atoms with Gasteiger partial charge in [0.15, 0.2) is 0 Å². The fraction of sp³-hybridized carbons (Fsp3) is 0.417. The van der Waals surface area contributed by atoms with E-state index in [1.165, 1.54) is 6.07 Å². The molecule has 1 N–H and O–H groups in total. The smallest absolute Gasteiger partial charge is 0.338 e. The molecule has 0 radical (unpaired) electrons. The van der Waals surface area contributed by atoms with Crippen LogP contribution < -0.4 is 0 Å². The Hall–Kier alpha value is -1.95. The van der Waals surface area contributed by atoms with Crippen LogP contribution in [0.5, 0.6) is 0 Å². The summed E-state index contributed by atoms with van der Waals surface area (Å²) in [5, 5.41) is 17.1. The minimum Gasteiger partial charge on any atom is -0.478 e. The first kappa shape index (κ1) is 12.5. The van der Waals surface area contributed by atoms with Crippen molar-refractivity contribution in [3.05, 3.63) is 23.8 Å². The van der Waals surface area contributed by atoms with Gasteiger partial charge in [0.1, 0.15) is 5.52 Å². The summed E-state index contributed by atoms with van der Waals surface area (Å²) in [4.78, 5) is 11.1. The first-order valence-electron chi connectivity index (χ1n) is 5.71. The molecule has 0 amide bonds. The highest BCUT2D eigenvalue weighted by atomic mass is 16.5. The van der Waals surface area contributed by atoms with E-state index in [0.29, 0.717) is 12.1 Å². The molecule has 2 rings (SSSR count). The van der Waals surface area contributed by atoms with E-state index in [2.05, 4.69) is 10.3 Å². The number of benzene rings is 1. The van der Waals surface area contributed by atoms with E-state index in [-0.39, 0.29) is 11.6 Å². The maximum Gasteiger partial charge on any atom is 0.338 e. The summed E-state index contributed by atoms with van der Waals surface area (Å²) >= 11 is 0. The van der Waals surface area contributed by atoms with Crippen LogP contribution in [0.25, 0.3) is 11.0 Å². The van der Waals surface area contributed by atoms with E-state index < -0.39 is 5.97 Å². The summed E-state index contributed by atoms with van der Waals surface area (Å²) in [6.45, 7) is 2.63. The lowest BCUT2D eigenvalue weighted by atomic mass is 10.1. The van der Waals surface area contributed by atoms with E-state index in [9.17, 15) is 4.79 Å². The van der Waals surface area contributed by atoms with Crippen molar-refractivity contribution in [1.29, 1.82) is 0 Å². The molecule has 0 bridgehead atoms. The van der Waals surface area contributed by atoms with Crippen molar-refractivity contribution in [3.8, 4) is 0 Å². The quantitative estimate of drug-likeness (QED) is 0.873. The van der Waals surface area contributed by atoms with Crippen molar-refractivity contribution >= 4 is 17.0 Å². The molecule has 0 fully saturated rings. The highest BCUT2D eigenvalue weighted by Crippen LogP contribution is 2.20. The van der Waals surface area contributed by atoms with Crippen LogP contribution in [0.1, 0.15) is 29.7 Å². The van der Waals surface area contributed by atoms with Crippen molar-refractivity contribution in [2.24, 2.45) is 0 Å². The van der Waals surface area contributed by atoms with Crippen LogP contribution in [0.4, 0.5) is 0 Å². The Kier molecular flexibility index (Phi) is 3.57. The molecule has 1 heterocycles. The Morgan fingerprint density at radius 3 is 3.00 bits per heavy atom. The standard InChI is InChI=1S/C12H15N3O3/c1-8(6-7-18-2)15-10-5-3-4-9(12(16)17)11(10)13-14-15/h3-5,8H,6-7H2,1-2H3,(H,16,17). The molecule has 96 valence electrons. The summed E-state index contributed by atoms with van der Waals surface area (Å²) in [5.74, 6) is -0.989. The molecule has 0 saturated carbocycles. The molecule has 0 aliphatic heterocycles. The maximum atomic E-state index is 11.1. The van der Waals surface area contributed by atoms with E-state index in [1.54, 1.807) is 17.9 Å². The summed E-state index contributed by atoms with van der Waals surface area (Å²) in [6, 6.07) is 5.17. The predicted octanol–water partition coefficient (Wildman–Crippen LogP) is 1.73. The number of carbonyl (C=O) groups is 1. The van der Waals surface area contributed by atoms with Crippen molar-refractivity contribution in [1.82, 2.24) is 15.0 Å². The van der Waals surface area contributed by atoms with Gasteiger partial charge in [-0.3, -0.25) is 0 Å². The number of nitrogens with zero attached hydrogens (tertiary/aromatic N) is 3. The van der Waals surface area contributed by atoms with Gasteiger partial charge in [0.05, 0.1) is 17.1 Å². The average Bonchev–Trinajstić information content (AvgIpc) is 2.79. The molecule has 1 aromatic heterocycles. The van der Waals surface area contributed by atoms with Crippen LogP contribution in [-0.4, -0.2) is 39.8 Å². The normalized spacial score (nSPS) is 12.8. The Balaban J connectivity index is 2.42. The van der Waals surface area contributed by atoms with Gasteiger partial charge in [-0.1, -0.05) is 11.3 Å². The predicted molar refractivity (Wildman–Crippen MR) is 65.7 cm³/mol. The summed E-state index contributed by atoms with van der Waals surface area (Å²) in [6.07, 6.45) is 0.798. The number of ether oxygens (including phenoxy) is 1. The number of hydrogen-bond donors (Lipinski definition) is 1. The van der Waals surface area contributed by atoms with E-state index in [0.717, 1.165) is 11.9 Å². The van der Waals surface area contributed by atoms with Crippen molar-refractivity contribution < 1.29 is 14.6 Å². The molecule has 6 nitrogen and oxygen atoms in total. The third-order valence-corrected chi connectivity index (χ3v) is 2.89. The second-order valence-electron chi connectivity index (χ2n) is 4.14. The minimum atomic E-state index is -0.989. The molecule has 0 saturated heterocycles. The molecule has 0 aliphatic rings. The SMILES string of the molecule is COCCC(C)n1nnc2c(C(=O)O)cccc21. The topological polar surface area (TPSA) is 77.2 Å². The number of fused-ring (bicyclic) bond motifs is 1. The lowest BCUT2D eigenvalue weighted by molar-refractivity contribution is 0.0699. The zero-order chi connectivity index (χ0) is 13.1. The number of carboxylic acid groups (broad SMARTS) is 1. The molecule has 0 aliphatic carbocycles. The molecular formula is C12H15N3O3. The molecule has 18 heavy (non-hydrogen) atoms. The average molecular weight is 249 g/mol. The summed E-state index contributed by atoms with van der Waals surface area (Å²) in [7, 11) is 1.65. The lowest BCUT2D eigenvalue weighted by Gasteiger charge is -2.11. The minimum absolute atomic E-state index is 0.110. The number of aromatic nitrogens is 3. The molecule has 1 unspecified atom stereocenters.